The molecular weight excluding hydrogens is 187 g/mol. The molecule has 0 bridgehead atoms. The summed E-state index contributed by atoms with van der Waals surface area (Å²) in [6.07, 6.45) is 0.688. The van der Waals surface area contributed by atoms with Crippen molar-refractivity contribution in [3.8, 4) is 0 Å². The highest BCUT2D eigenvalue weighted by molar-refractivity contribution is 8.00. The third kappa shape index (κ3) is 2.56. The number of carbonyl (C=O) groups excluding carboxylic acids is 1. The molecule has 13 heavy (non-hydrogen) atoms. The zero-order valence-electron chi connectivity index (χ0n) is 7.58. The fourth-order valence-electron chi connectivity index (χ4n) is 0.978. The molecule has 0 N–H and O–H groups in total. The number of hydrogen-bond donors (Lipinski definition) is 0. The van der Waals surface area contributed by atoms with Crippen LogP contribution >= 0.6 is 11.8 Å². The molecule has 0 radical (unpaired) electrons. The van der Waals surface area contributed by atoms with Gasteiger partial charge in [-0.3, -0.25) is 4.79 Å². The lowest BCUT2D eigenvalue weighted by Crippen LogP contribution is -1.94. The summed E-state index contributed by atoms with van der Waals surface area (Å²) in [6.45, 7) is 3.93. The Hall–Kier alpha value is -0.830. The Bertz CT molecular complexity index is 310. The van der Waals surface area contributed by atoms with E-state index in [2.05, 4.69) is 0 Å². The second-order valence-corrected chi connectivity index (χ2v) is 4.53. The van der Waals surface area contributed by atoms with Crippen LogP contribution < -0.4 is 0 Å². The molecule has 0 saturated heterocycles. The highest BCUT2D eigenvalue weighted by atomic mass is 32.2. The molecule has 0 saturated carbocycles. The smallest absolute Gasteiger partial charge is 0.151 e. The van der Waals surface area contributed by atoms with Crippen LogP contribution in [0, 0.1) is 5.82 Å². The summed E-state index contributed by atoms with van der Waals surface area (Å²) in [5, 5.41) is 0.274. The minimum Gasteiger partial charge on any atom is -0.298 e. The fraction of sp³-hybridized carbons (Fsp3) is 0.300. The lowest BCUT2D eigenvalue weighted by molar-refractivity contribution is 0.112. The van der Waals surface area contributed by atoms with Gasteiger partial charge in [0.05, 0.1) is 4.90 Å². The van der Waals surface area contributed by atoms with Crippen molar-refractivity contribution in [3.63, 3.8) is 0 Å². The van der Waals surface area contributed by atoms with Gasteiger partial charge in [0.25, 0.3) is 0 Å². The van der Waals surface area contributed by atoms with Gasteiger partial charge >= 0.3 is 0 Å². The van der Waals surface area contributed by atoms with Gasteiger partial charge in [-0.1, -0.05) is 26.0 Å². The van der Waals surface area contributed by atoms with Crippen LogP contribution in [-0.4, -0.2) is 11.5 Å². The van der Waals surface area contributed by atoms with E-state index < -0.39 is 0 Å². The van der Waals surface area contributed by atoms with Crippen LogP contribution in [0.4, 0.5) is 4.39 Å². The highest BCUT2D eigenvalue weighted by Gasteiger charge is 2.09. The largest absolute Gasteiger partial charge is 0.298 e. The number of benzene rings is 1. The van der Waals surface area contributed by atoms with E-state index in [0.717, 1.165) is 0 Å². The van der Waals surface area contributed by atoms with Crippen molar-refractivity contribution in [2.24, 2.45) is 0 Å². The van der Waals surface area contributed by atoms with E-state index in [9.17, 15) is 9.18 Å². The van der Waals surface area contributed by atoms with Crippen molar-refractivity contribution in [1.29, 1.82) is 0 Å². The topological polar surface area (TPSA) is 17.1 Å². The Morgan fingerprint density at radius 3 is 2.69 bits per heavy atom. The molecule has 0 unspecified atom stereocenters. The maximum atomic E-state index is 13.2. The predicted molar refractivity (Wildman–Crippen MR) is 52.8 cm³/mol. The van der Waals surface area contributed by atoms with Gasteiger partial charge in [0, 0.05) is 10.8 Å². The van der Waals surface area contributed by atoms with Crippen molar-refractivity contribution < 1.29 is 9.18 Å². The summed E-state index contributed by atoms with van der Waals surface area (Å²) < 4.78 is 13.2. The Kier molecular flexibility index (Phi) is 3.48. The lowest BCUT2D eigenvalue weighted by atomic mass is 10.2. The Balaban J connectivity index is 3.07. The maximum Gasteiger partial charge on any atom is 0.151 e. The molecule has 1 aromatic carbocycles. The summed E-state index contributed by atoms with van der Waals surface area (Å²) in [5.74, 6) is -0.316. The molecule has 1 aromatic rings. The van der Waals surface area contributed by atoms with Crippen LogP contribution in [0.2, 0.25) is 0 Å². The molecule has 0 aliphatic carbocycles. The summed E-state index contributed by atoms with van der Waals surface area (Å²) in [4.78, 5) is 11.0. The van der Waals surface area contributed by atoms with Crippen LogP contribution in [0.25, 0.3) is 0 Å². The third-order valence-corrected chi connectivity index (χ3v) is 2.62. The maximum absolute atomic E-state index is 13.2. The van der Waals surface area contributed by atoms with Crippen LogP contribution in [-0.2, 0) is 0 Å². The number of carbonyl (C=O) groups is 1. The second-order valence-electron chi connectivity index (χ2n) is 2.94. The molecule has 3 heteroatoms. The van der Waals surface area contributed by atoms with Gasteiger partial charge in [-0.15, -0.1) is 11.8 Å². The van der Waals surface area contributed by atoms with Crippen LogP contribution in [0.15, 0.2) is 23.1 Å². The zero-order valence-corrected chi connectivity index (χ0v) is 8.40. The van der Waals surface area contributed by atoms with Gasteiger partial charge in [0.1, 0.15) is 5.82 Å². The van der Waals surface area contributed by atoms with Crippen molar-refractivity contribution in [2.75, 3.05) is 0 Å². The Morgan fingerprint density at radius 2 is 2.15 bits per heavy atom. The monoisotopic (exact) mass is 198 g/mol. The SMILES string of the molecule is CC(C)Sc1c(F)cccc1C=O. The first-order valence-corrected chi connectivity index (χ1v) is 4.93. The molecule has 0 atom stereocenters. The van der Waals surface area contributed by atoms with Crippen LogP contribution in [0.1, 0.15) is 24.2 Å². The minimum atomic E-state index is -0.316. The summed E-state index contributed by atoms with van der Waals surface area (Å²) in [6, 6.07) is 4.54. The first kappa shape index (κ1) is 10.3. The lowest BCUT2D eigenvalue weighted by Gasteiger charge is -2.07. The van der Waals surface area contributed by atoms with E-state index in [4.69, 9.17) is 0 Å². The van der Waals surface area contributed by atoms with Crippen LogP contribution in [0.3, 0.4) is 0 Å². The first-order chi connectivity index (χ1) is 6.15. The van der Waals surface area contributed by atoms with Crippen molar-refractivity contribution >= 4 is 18.0 Å². The van der Waals surface area contributed by atoms with Gasteiger partial charge in [0.2, 0.25) is 0 Å². The quantitative estimate of drug-likeness (QED) is 0.548. The van der Waals surface area contributed by atoms with Crippen molar-refractivity contribution in [2.45, 2.75) is 24.0 Å². The highest BCUT2D eigenvalue weighted by Crippen LogP contribution is 2.28. The summed E-state index contributed by atoms with van der Waals surface area (Å²) >= 11 is 1.37. The zero-order chi connectivity index (χ0) is 9.84. The molecule has 1 rings (SSSR count). The average molecular weight is 198 g/mol. The summed E-state index contributed by atoms with van der Waals surface area (Å²) in [5.41, 5.74) is 0.429. The first-order valence-electron chi connectivity index (χ1n) is 4.05. The molecular formula is C10H11FOS. The fourth-order valence-corrected chi connectivity index (χ4v) is 1.88. The van der Waals surface area contributed by atoms with E-state index in [-0.39, 0.29) is 11.1 Å². The van der Waals surface area contributed by atoms with Crippen molar-refractivity contribution in [3.05, 3.63) is 29.6 Å². The Morgan fingerprint density at radius 1 is 1.46 bits per heavy atom. The molecule has 0 aliphatic rings. The van der Waals surface area contributed by atoms with E-state index in [1.54, 1.807) is 12.1 Å². The summed E-state index contributed by atoms with van der Waals surface area (Å²) in [7, 11) is 0. The van der Waals surface area contributed by atoms with E-state index >= 15 is 0 Å². The van der Waals surface area contributed by atoms with Crippen LogP contribution in [0.5, 0.6) is 0 Å². The van der Waals surface area contributed by atoms with Gasteiger partial charge in [-0.2, -0.15) is 0 Å². The van der Waals surface area contributed by atoms with E-state index in [1.807, 2.05) is 13.8 Å². The molecule has 0 amide bonds. The molecule has 70 valence electrons. The van der Waals surface area contributed by atoms with Gasteiger partial charge in [-0.05, 0) is 6.07 Å². The molecule has 0 aliphatic heterocycles. The molecule has 0 heterocycles. The number of thioether (sulfide) groups is 1. The van der Waals surface area contributed by atoms with Crippen molar-refractivity contribution in [1.82, 2.24) is 0 Å². The minimum absolute atomic E-state index is 0.274. The van der Waals surface area contributed by atoms with Gasteiger partial charge in [0.15, 0.2) is 6.29 Å². The van der Waals surface area contributed by atoms with E-state index in [0.29, 0.717) is 16.7 Å². The van der Waals surface area contributed by atoms with Gasteiger partial charge in [-0.25, -0.2) is 4.39 Å². The number of aldehydes is 1. The Labute approximate surface area is 81.3 Å². The number of halogens is 1. The number of rotatable bonds is 3. The average Bonchev–Trinajstić information content (AvgIpc) is 2.08. The normalized spacial score (nSPS) is 10.5. The number of hydrogen-bond acceptors (Lipinski definition) is 2. The van der Waals surface area contributed by atoms with Gasteiger partial charge < -0.3 is 0 Å². The molecule has 1 nitrogen and oxygen atoms in total. The van der Waals surface area contributed by atoms with E-state index in [1.165, 1.54) is 17.8 Å². The molecule has 0 aromatic heterocycles. The molecule has 0 spiro atoms. The standard InChI is InChI=1S/C10H11FOS/c1-7(2)13-10-8(6-12)4-3-5-9(10)11/h3-7H,1-2H3. The predicted octanol–water partition coefficient (Wildman–Crippen LogP) is 3.14. The third-order valence-electron chi connectivity index (χ3n) is 1.48. The molecule has 0 fully saturated rings. The second kappa shape index (κ2) is 4.42.